The number of likely N-dealkylation sites (tertiary alicyclic amines) is 1. The van der Waals surface area contributed by atoms with E-state index in [0.29, 0.717) is 41.7 Å². The summed E-state index contributed by atoms with van der Waals surface area (Å²) in [5.74, 6) is -1.16. The van der Waals surface area contributed by atoms with E-state index < -0.39 is 29.4 Å². The summed E-state index contributed by atoms with van der Waals surface area (Å²) in [7, 11) is 0. The average molecular weight is 746 g/mol. The van der Waals surface area contributed by atoms with Crippen LogP contribution in [-0.2, 0) is 29.2 Å². The average Bonchev–Trinajstić information content (AvgIpc) is 3.91. The second kappa shape index (κ2) is 13.1. The molecule has 7 heterocycles. The van der Waals surface area contributed by atoms with Crippen molar-refractivity contribution in [2.75, 3.05) is 29.9 Å². The number of carbonyl (C=O) groups is 2. The van der Waals surface area contributed by atoms with Crippen LogP contribution < -0.4 is 15.0 Å². The molecule has 3 aliphatic heterocycles. The summed E-state index contributed by atoms with van der Waals surface area (Å²) < 4.78 is 51.9. The molecule has 4 aromatic heterocycles. The van der Waals surface area contributed by atoms with E-state index in [2.05, 4.69) is 25.3 Å². The number of hydrogen-bond donors (Lipinski definition) is 2. The van der Waals surface area contributed by atoms with E-state index in [1.54, 1.807) is 43.9 Å². The van der Waals surface area contributed by atoms with Crippen LogP contribution in [0.25, 0.3) is 32.2 Å². The highest BCUT2D eigenvalue weighted by molar-refractivity contribution is 7.23. The summed E-state index contributed by atoms with van der Waals surface area (Å²) in [5, 5.41) is 27.3. The molecule has 2 atom stereocenters. The monoisotopic (exact) mass is 745 g/mol. The van der Waals surface area contributed by atoms with Crippen LogP contribution in [0.15, 0.2) is 24.7 Å². The van der Waals surface area contributed by atoms with Crippen LogP contribution in [0.2, 0.25) is 0 Å². The summed E-state index contributed by atoms with van der Waals surface area (Å²) in [6.07, 6.45) is 3.93. The van der Waals surface area contributed by atoms with Crippen LogP contribution in [0, 0.1) is 23.0 Å². The second-order valence-electron chi connectivity index (χ2n) is 14.0. The number of nitriles is 1. The fourth-order valence-corrected chi connectivity index (χ4v) is 8.45. The number of aromatic nitrogens is 5. The highest BCUT2D eigenvalue weighted by atomic mass is 32.1. The van der Waals surface area contributed by atoms with E-state index in [4.69, 9.17) is 19.2 Å². The van der Waals surface area contributed by atoms with Gasteiger partial charge < -0.3 is 29.1 Å². The number of amides is 2. The standard InChI is InChI=1S/C35H33F2N9O6S/c1-35(2,3)52-33(47)43-31-19(11-38)24-27(39-12-22(36)29(24)53-31)23-20-15-50-16-21(20)25-28(26(23)37)41-32(51-10-9-45-8-4-7-40-45)42-30(25)46-17-5-6-18(46)14-44(13-17)34(48)49/h4,7-8,12,17-18H,5-6,9-10,13-16H2,1-3H3,(H,43,47)(H,48,49). The first-order chi connectivity index (χ1) is 25.4. The Balaban J connectivity index is 1.31. The molecule has 2 amide bonds. The molecule has 5 aromatic rings. The number of fused-ring (bicyclic) bond motifs is 6. The Bertz CT molecular complexity index is 2330. The fraction of sp³-hybridized carbons (Fsp3) is 0.400. The Morgan fingerprint density at radius 2 is 1.91 bits per heavy atom. The minimum atomic E-state index is -1.01. The molecule has 3 aliphatic rings. The first kappa shape index (κ1) is 34.4. The molecule has 2 saturated heterocycles. The van der Waals surface area contributed by atoms with Gasteiger partial charge in [-0.2, -0.15) is 20.3 Å². The van der Waals surface area contributed by atoms with Crippen molar-refractivity contribution in [3.05, 3.63) is 53.0 Å². The summed E-state index contributed by atoms with van der Waals surface area (Å²) in [5.41, 5.74) is -0.0718. The maximum Gasteiger partial charge on any atom is 0.412 e. The predicted molar refractivity (Wildman–Crippen MR) is 188 cm³/mol. The van der Waals surface area contributed by atoms with Crippen LogP contribution >= 0.6 is 11.3 Å². The van der Waals surface area contributed by atoms with E-state index in [9.17, 15) is 20.0 Å². The minimum Gasteiger partial charge on any atom is -0.465 e. The predicted octanol–water partition coefficient (Wildman–Crippen LogP) is 6.04. The number of rotatable bonds is 7. The van der Waals surface area contributed by atoms with E-state index >= 15 is 8.78 Å². The molecule has 1 aromatic carbocycles. The van der Waals surface area contributed by atoms with Crippen LogP contribution in [0.3, 0.4) is 0 Å². The minimum absolute atomic E-state index is 0.0105. The van der Waals surface area contributed by atoms with Gasteiger partial charge in [0.1, 0.15) is 34.6 Å². The van der Waals surface area contributed by atoms with Gasteiger partial charge in [0.15, 0.2) is 11.6 Å². The number of carbonyl (C=O) groups excluding carboxylic acids is 1. The molecule has 0 saturated carbocycles. The Hall–Kier alpha value is -5.67. The smallest absolute Gasteiger partial charge is 0.412 e. The Labute approximate surface area is 304 Å². The third-order valence-electron chi connectivity index (χ3n) is 9.50. The molecule has 2 N–H and O–H groups in total. The fourth-order valence-electron chi connectivity index (χ4n) is 7.41. The van der Waals surface area contributed by atoms with Crippen molar-refractivity contribution in [3.8, 4) is 23.3 Å². The van der Waals surface area contributed by atoms with Gasteiger partial charge in [-0.1, -0.05) is 0 Å². The SMILES string of the molecule is CC(C)(C)OC(=O)Nc1sc2c(F)cnc(-c3c4c(c5c(N6C7CCC6CN(C(=O)O)C7)nc(OCCn6cccn6)nc5c3F)COC4)c2c1C#N. The topological polar surface area (TPSA) is 181 Å². The van der Waals surface area contributed by atoms with Crippen LogP contribution in [-0.4, -0.2) is 84.3 Å². The first-order valence-corrected chi connectivity index (χ1v) is 17.7. The number of anilines is 2. The van der Waals surface area contributed by atoms with Crippen molar-refractivity contribution in [2.45, 2.75) is 71.1 Å². The summed E-state index contributed by atoms with van der Waals surface area (Å²) >= 11 is 0.814. The summed E-state index contributed by atoms with van der Waals surface area (Å²) in [6, 6.07) is 3.28. The van der Waals surface area contributed by atoms with Crippen molar-refractivity contribution < 1.29 is 37.7 Å². The first-order valence-electron chi connectivity index (χ1n) is 16.9. The quantitative estimate of drug-likeness (QED) is 0.198. The van der Waals surface area contributed by atoms with E-state index in [1.807, 2.05) is 6.07 Å². The number of piperazine rings is 1. The maximum absolute atomic E-state index is 17.5. The lowest BCUT2D eigenvalue weighted by Gasteiger charge is -2.41. The summed E-state index contributed by atoms with van der Waals surface area (Å²) in [6.45, 7) is 6.07. The second-order valence-corrected chi connectivity index (χ2v) is 15.0. The van der Waals surface area contributed by atoms with Gasteiger partial charge >= 0.3 is 18.2 Å². The number of nitrogens with one attached hydrogen (secondary N) is 1. The zero-order valence-corrected chi connectivity index (χ0v) is 29.7. The Kier molecular flexibility index (Phi) is 8.49. The maximum atomic E-state index is 17.5. The van der Waals surface area contributed by atoms with Gasteiger partial charge in [-0.15, -0.1) is 11.3 Å². The van der Waals surface area contributed by atoms with Crippen molar-refractivity contribution in [1.29, 1.82) is 5.26 Å². The van der Waals surface area contributed by atoms with Crippen molar-refractivity contribution in [2.24, 2.45) is 0 Å². The Morgan fingerprint density at radius 3 is 2.58 bits per heavy atom. The largest absolute Gasteiger partial charge is 0.465 e. The highest BCUT2D eigenvalue weighted by Gasteiger charge is 2.44. The van der Waals surface area contributed by atoms with Gasteiger partial charge in [0.2, 0.25) is 0 Å². The molecule has 8 rings (SSSR count). The molecule has 53 heavy (non-hydrogen) atoms. The molecule has 2 bridgehead atoms. The molecular weight excluding hydrogens is 713 g/mol. The lowest BCUT2D eigenvalue weighted by molar-refractivity contribution is 0.0636. The molecule has 18 heteroatoms. The van der Waals surface area contributed by atoms with Crippen molar-refractivity contribution in [1.82, 2.24) is 29.6 Å². The molecule has 15 nitrogen and oxygen atoms in total. The van der Waals surface area contributed by atoms with Crippen LogP contribution in [0.5, 0.6) is 6.01 Å². The lowest BCUT2D eigenvalue weighted by atomic mass is 9.93. The number of carboxylic acid groups (broad SMARTS) is 1. The number of hydrogen-bond acceptors (Lipinski definition) is 12. The molecule has 274 valence electrons. The molecule has 0 spiro atoms. The highest BCUT2D eigenvalue weighted by Crippen LogP contribution is 2.48. The van der Waals surface area contributed by atoms with Crippen LogP contribution in [0.4, 0.5) is 29.2 Å². The van der Waals surface area contributed by atoms with Crippen molar-refractivity contribution in [3.63, 3.8) is 0 Å². The Morgan fingerprint density at radius 1 is 1.15 bits per heavy atom. The zero-order valence-electron chi connectivity index (χ0n) is 28.9. The van der Waals surface area contributed by atoms with Gasteiger partial charge in [0.05, 0.1) is 47.3 Å². The van der Waals surface area contributed by atoms with Gasteiger partial charge in [0.25, 0.3) is 0 Å². The van der Waals surface area contributed by atoms with Gasteiger partial charge in [-0.25, -0.2) is 18.4 Å². The third kappa shape index (κ3) is 6.08. The van der Waals surface area contributed by atoms with Gasteiger partial charge in [-0.05, 0) is 50.8 Å². The molecule has 0 aliphatic carbocycles. The normalized spacial score (nSPS) is 18.0. The molecular formula is C35H33F2N9O6S. The molecule has 0 radical (unpaired) electrons. The number of pyridine rings is 1. The lowest BCUT2D eigenvalue weighted by Crippen LogP contribution is -2.55. The van der Waals surface area contributed by atoms with E-state index in [1.165, 1.54) is 4.90 Å². The van der Waals surface area contributed by atoms with Crippen molar-refractivity contribution >= 4 is 55.3 Å². The van der Waals surface area contributed by atoms with Crippen LogP contribution in [0.1, 0.15) is 50.3 Å². The molecule has 2 unspecified atom stereocenters. The number of nitrogens with zero attached hydrogens (tertiary/aromatic N) is 8. The van der Waals surface area contributed by atoms with E-state index in [-0.39, 0.29) is 88.4 Å². The number of benzene rings is 1. The van der Waals surface area contributed by atoms with E-state index in [0.717, 1.165) is 17.5 Å². The number of halogens is 2. The van der Waals surface area contributed by atoms with Gasteiger partial charge in [0, 0.05) is 48.5 Å². The number of thiophene rings is 1. The van der Waals surface area contributed by atoms with Gasteiger partial charge in [-0.3, -0.25) is 15.0 Å². The number of ether oxygens (including phenoxy) is 3. The third-order valence-corrected chi connectivity index (χ3v) is 10.6. The zero-order chi connectivity index (χ0) is 37.2. The summed E-state index contributed by atoms with van der Waals surface area (Å²) in [4.78, 5) is 41.9. The molecule has 2 fully saturated rings.